The highest BCUT2D eigenvalue weighted by Crippen LogP contribution is 2.24. The molecule has 0 saturated carbocycles. The molecule has 0 atom stereocenters. The zero-order chi connectivity index (χ0) is 16.8. The van der Waals surface area contributed by atoms with Gasteiger partial charge in [0.2, 0.25) is 17.5 Å². The lowest BCUT2D eigenvalue weighted by Gasteiger charge is -2.04. The van der Waals surface area contributed by atoms with E-state index in [2.05, 4.69) is 10.3 Å². The van der Waals surface area contributed by atoms with Crippen LogP contribution in [0.25, 0.3) is 12.2 Å². The van der Waals surface area contributed by atoms with Gasteiger partial charge in [0.25, 0.3) is 0 Å². The van der Waals surface area contributed by atoms with Crippen LogP contribution in [-0.2, 0) is 0 Å². The topological polar surface area (TPSA) is 71.1 Å². The van der Waals surface area contributed by atoms with E-state index in [1.54, 1.807) is 13.2 Å². The first kappa shape index (κ1) is 15.4. The number of oxazole rings is 1. The van der Waals surface area contributed by atoms with Gasteiger partial charge in [0.15, 0.2) is 0 Å². The Kier molecular flexibility index (Phi) is 4.59. The fourth-order valence-corrected chi connectivity index (χ4v) is 2.11. The van der Waals surface area contributed by atoms with Crippen molar-refractivity contribution in [1.82, 2.24) is 4.98 Å². The van der Waals surface area contributed by atoms with Crippen molar-refractivity contribution in [2.45, 2.75) is 0 Å². The molecule has 0 aliphatic rings. The van der Waals surface area contributed by atoms with E-state index >= 15 is 0 Å². The maximum Gasteiger partial charge on any atom is 0.236 e. The first-order valence-electron chi connectivity index (χ1n) is 7.33. The molecule has 3 aromatic rings. The highest BCUT2D eigenvalue weighted by molar-refractivity contribution is 5.68. The van der Waals surface area contributed by atoms with Crippen LogP contribution in [0.15, 0.2) is 59.0 Å². The largest absolute Gasteiger partial charge is 0.497 e. The van der Waals surface area contributed by atoms with Gasteiger partial charge in [0.05, 0.1) is 7.11 Å². The number of rotatable bonds is 5. The molecular weight excluding hydrogens is 302 g/mol. The van der Waals surface area contributed by atoms with E-state index in [-0.39, 0.29) is 5.69 Å². The fraction of sp³-hybridized carbons (Fsp3) is 0.0526. The Balaban J connectivity index is 1.80. The summed E-state index contributed by atoms with van der Waals surface area (Å²) in [6.07, 6.45) is 3.61. The summed E-state index contributed by atoms with van der Waals surface area (Å²) in [4.78, 5) is 4.17. The third-order valence-corrected chi connectivity index (χ3v) is 3.32. The van der Waals surface area contributed by atoms with E-state index < -0.39 is 0 Å². The summed E-state index contributed by atoms with van der Waals surface area (Å²) >= 11 is 0. The minimum Gasteiger partial charge on any atom is -0.497 e. The van der Waals surface area contributed by atoms with Gasteiger partial charge >= 0.3 is 0 Å². The van der Waals surface area contributed by atoms with Gasteiger partial charge < -0.3 is 14.5 Å². The summed E-state index contributed by atoms with van der Waals surface area (Å²) in [6.45, 7) is 0. The molecule has 0 saturated heterocycles. The first-order chi connectivity index (χ1) is 11.8. The van der Waals surface area contributed by atoms with Crippen LogP contribution in [0.2, 0.25) is 0 Å². The van der Waals surface area contributed by atoms with Crippen LogP contribution < -0.4 is 10.1 Å². The number of nitriles is 1. The molecule has 118 valence electrons. The Morgan fingerprint density at radius 2 is 1.83 bits per heavy atom. The number of ether oxygens (including phenoxy) is 1. The summed E-state index contributed by atoms with van der Waals surface area (Å²) in [6, 6.07) is 19.1. The molecule has 0 aliphatic carbocycles. The lowest BCUT2D eigenvalue weighted by atomic mass is 10.2. The second kappa shape index (κ2) is 7.16. The highest BCUT2D eigenvalue weighted by atomic mass is 16.5. The summed E-state index contributed by atoms with van der Waals surface area (Å²) < 4.78 is 10.7. The zero-order valence-corrected chi connectivity index (χ0v) is 13.1. The normalized spacial score (nSPS) is 10.5. The van der Waals surface area contributed by atoms with Crippen molar-refractivity contribution in [2.24, 2.45) is 0 Å². The van der Waals surface area contributed by atoms with E-state index in [1.165, 1.54) is 0 Å². The Morgan fingerprint density at radius 1 is 1.08 bits per heavy atom. The Bertz CT molecular complexity index is 875. The van der Waals surface area contributed by atoms with E-state index in [4.69, 9.17) is 9.15 Å². The molecule has 1 N–H and O–H groups in total. The van der Waals surface area contributed by atoms with Gasteiger partial charge in [-0.05, 0) is 35.9 Å². The lowest BCUT2D eigenvalue weighted by Crippen LogP contribution is -1.91. The molecule has 0 amide bonds. The molecule has 5 heteroatoms. The summed E-state index contributed by atoms with van der Waals surface area (Å²) in [7, 11) is 1.61. The maximum atomic E-state index is 9.22. The minimum atomic E-state index is 0.207. The van der Waals surface area contributed by atoms with Gasteiger partial charge in [0, 0.05) is 11.8 Å². The quantitative estimate of drug-likeness (QED) is 0.751. The average Bonchev–Trinajstić information content (AvgIpc) is 3.03. The summed E-state index contributed by atoms with van der Waals surface area (Å²) in [5, 5.41) is 12.3. The van der Waals surface area contributed by atoms with Gasteiger partial charge in [-0.15, -0.1) is 0 Å². The molecule has 0 spiro atoms. The maximum absolute atomic E-state index is 9.22. The third-order valence-electron chi connectivity index (χ3n) is 3.32. The van der Waals surface area contributed by atoms with Crippen LogP contribution >= 0.6 is 0 Å². The van der Waals surface area contributed by atoms with Crippen molar-refractivity contribution >= 4 is 23.7 Å². The number of aromatic nitrogens is 1. The molecule has 0 radical (unpaired) electrons. The summed E-state index contributed by atoms with van der Waals surface area (Å²) in [5.41, 5.74) is 2.01. The molecular formula is C19H15N3O2. The van der Waals surface area contributed by atoms with Crippen molar-refractivity contribution in [3.8, 4) is 11.8 Å². The predicted molar refractivity (Wildman–Crippen MR) is 92.9 cm³/mol. The van der Waals surface area contributed by atoms with Gasteiger partial charge in [-0.1, -0.05) is 30.3 Å². The minimum absolute atomic E-state index is 0.207. The summed E-state index contributed by atoms with van der Waals surface area (Å²) in [5.74, 6) is 1.44. The van der Waals surface area contributed by atoms with Gasteiger partial charge in [-0.2, -0.15) is 10.2 Å². The van der Waals surface area contributed by atoms with Gasteiger partial charge in [0.1, 0.15) is 11.8 Å². The smallest absolute Gasteiger partial charge is 0.236 e. The van der Waals surface area contributed by atoms with Crippen molar-refractivity contribution in [1.29, 1.82) is 5.26 Å². The third kappa shape index (κ3) is 3.62. The lowest BCUT2D eigenvalue weighted by molar-refractivity contribution is 0.415. The van der Waals surface area contributed by atoms with E-state index in [9.17, 15) is 5.26 Å². The first-order valence-corrected chi connectivity index (χ1v) is 7.33. The van der Waals surface area contributed by atoms with Crippen LogP contribution in [0.3, 0.4) is 0 Å². The Hall–Kier alpha value is -3.52. The van der Waals surface area contributed by atoms with Crippen LogP contribution in [0, 0.1) is 11.3 Å². The fourth-order valence-electron chi connectivity index (χ4n) is 2.11. The number of hydrogen-bond acceptors (Lipinski definition) is 5. The molecule has 0 aliphatic heterocycles. The number of nitrogens with zero attached hydrogens (tertiary/aromatic N) is 2. The number of benzene rings is 2. The molecule has 2 aromatic carbocycles. The molecule has 3 rings (SSSR count). The van der Waals surface area contributed by atoms with Crippen molar-refractivity contribution in [2.75, 3.05) is 12.4 Å². The van der Waals surface area contributed by atoms with E-state index in [1.807, 2.05) is 66.7 Å². The van der Waals surface area contributed by atoms with Gasteiger partial charge in [-0.25, -0.2) is 0 Å². The van der Waals surface area contributed by atoms with Crippen molar-refractivity contribution in [3.05, 3.63) is 71.7 Å². The van der Waals surface area contributed by atoms with Crippen LogP contribution in [0.4, 0.5) is 11.6 Å². The Morgan fingerprint density at radius 3 is 2.50 bits per heavy atom. The molecule has 0 bridgehead atoms. The van der Waals surface area contributed by atoms with Crippen molar-refractivity contribution in [3.63, 3.8) is 0 Å². The van der Waals surface area contributed by atoms with Gasteiger partial charge in [-0.3, -0.25) is 0 Å². The predicted octanol–water partition coefficient (Wildman–Crippen LogP) is 4.47. The molecule has 24 heavy (non-hydrogen) atoms. The SMILES string of the molecule is COc1ccc(Nc2oc(/C=C/c3ccccc3)nc2C#N)cc1. The monoisotopic (exact) mass is 317 g/mol. The van der Waals surface area contributed by atoms with Crippen molar-refractivity contribution < 1.29 is 9.15 Å². The number of methoxy groups -OCH3 is 1. The van der Waals surface area contributed by atoms with Crippen LogP contribution in [-0.4, -0.2) is 12.1 Å². The molecule has 5 nitrogen and oxygen atoms in total. The average molecular weight is 317 g/mol. The Labute approximate surface area is 139 Å². The molecule has 1 heterocycles. The van der Waals surface area contributed by atoms with Crippen LogP contribution in [0.5, 0.6) is 5.75 Å². The van der Waals surface area contributed by atoms with E-state index in [0.29, 0.717) is 11.8 Å². The number of anilines is 2. The molecule has 0 unspecified atom stereocenters. The molecule has 1 aromatic heterocycles. The van der Waals surface area contributed by atoms with Crippen LogP contribution in [0.1, 0.15) is 17.1 Å². The molecule has 0 fully saturated rings. The standard InChI is InChI=1S/C19H15N3O2/c1-23-16-10-8-15(9-11-16)21-19-17(13-20)22-18(24-19)12-7-14-5-3-2-4-6-14/h2-12,21H,1H3/b12-7+. The zero-order valence-electron chi connectivity index (χ0n) is 13.1. The number of nitrogens with one attached hydrogen (secondary N) is 1. The second-order valence-electron chi connectivity index (χ2n) is 4.94. The second-order valence-corrected chi connectivity index (χ2v) is 4.94. The highest BCUT2D eigenvalue weighted by Gasteiger charge is 2.11. The van der Waals surface area contributed by atoms with E-state index in [0.717, 1.165) is 17.0 Å². The number of hydrogen-bond donors (Lipinski definition) is 1.